The molecule has 1 aliphatic rings. The van der Waals surface area contributed by atoms with Gasteiger partial charge in [-0.1, -0.05) is 30.3 Å². The number of amides is 1. The Hall–Kier alpha value is -3.94. The number of hydrogen-bond acceptors (Lipinski definition) is 4. The highest BCUT2D eigenvalue weighted by atomic mass is 19.1. The summed E-state index contributed by atoms with van der Waals surface area (Å²) < 4.78 is 15.8. The summed E-state index contributed by atoms with van der Waals surface area (Å²) in [5.41, 5.74) is 1.83. The largest absolute Gasteiger partial charge is 0.477 e. The predicted molar refractivity (Wildman–Crippen MR) is 105 cm³/mol. The van der Waals surface area contributed by atoms with Crippen molar-refractivity contribution in [1.82, 2.24) is 9.78 Å². The fraction of sp³-hybridized carbons (Fsp3) is 0.0952. The van der Waals surface area contributed by atoms with Crippen LogP contribution in [0.4, 0.5) is 15.9 Å². The quantitative estimate of drug-likeness (QED) is 0.631. The average Bonchev–Trinajstić information content (AvgIpc) is 3.12. The van der Waals surface area contributed by atoms with Gasteiger partial charge >= 0.3 is 5.97 Å². The van der Waals surface area contributed by atoms with Gasteiger partial charge in [0.1, 0.15) is 28.9 Å². The summed E-state index contributed by atoms with van der Waals surface area (Å²) in [4.78, 5) is 24.4. The average molecular weight is 392 g/mol. The van der Waals surface area contributed by atoms with Crippen LogP contribution in [-0.2, 0) is 4.79 Å². The van der Waals surface area contributed by atoms with Crippen molar-refractivity contribution >= 4 is 23.4 Å². The van der Waals surface area contributed by atoms with Crippen molar-refractivity contribution < 1.29 is 19.1 Å². The van der Waals surface area contributed by atoms with E-state index < -0.39 is 23.7 Å². The molecule has 2 heterocycles. The molecule has 4 rings (SSSR count). The highest BCUT2D eigenvalue weighted by Gasteiger charge is 2.30. The Morgan fingerprint density at radius 2 is 2.00 bits per heavy atom. The topological polar surface area (TPSA) is 96.3 Å². The third-order valence-corrected chi connectivity index (χ3v) is 4.61. The molecule has 8 heteroatoms. The number of carbonyl (C=O) groups excluding carboxylic acids is 1. The minimum Gasteiger partial charge on any atom is -0.477 e. The summed E-state index contributed by atoms with van der Waals surface area (Å²) >= 11 is 0. The minimum absolute atomic E-state index is 0.152. The summed E-state index contributed by atoms with van der Waals surface area (Å²) in [7, 11) is 0. The number of carboxylic acid groups (broad SMARTS) is 1. The van der Waals surface area contributed by atoms with Crippen LogP contribution in [-0.4, -0.2) is 26.8 Å². The second-order valence-electron chi connectivity index (χ2n) is 6.65. The molecule has 2 aromatic carbocycles. The summed E-state index contributed by atoms with van der Waals surface area (Å²) in [6, 6.07) is 12.5. The lowest BCUT2D eigenvalue weighted by atomic mass is 10.0. The molecule has 7 nitrogen and oxygen atoms in total. The third kappa shape index (κ3) is 3.47. The van der Waals surface area contributed by atoms with E-state index in [2.05, 4.69) is 15.7 Å². The molecule has 0 radical (unpaired) electrons. The Morgan fingerprint density at radius 1 is 1.21 bits per heavy atom. The van der Waals surface area contributed by atoms with Crippen molar-refractivity contribution in [3.05, 3.63) is 89.0 Å². The van der Waals surface area contributed by atoms with Gasteiger partial charge in [0.25, 0.3) is 5.91 Å². The van der Waals surface area contributed by atoms with E-state index in [-0.39, 0.29) is 22.6 Å². The Balaban J connectivity index is 1.74. The number of anilines is 2. The summed E-state index contributed by atoms with van der Waals surface area (Å²) in [6.45, 7) is 1.90. The van der Waals surface area contributed by atoms with Crippen molar-refractivity contribution in [1.29, 1.82) is 0 Å². The van der Waals surface area contributed by atoms with E-state index in [0.29, 0.717) is 5.69 Å². The number of carboxylic acids is 1. The summed E-state index contributed by atoms with van der Waals surface area (Å²) in [6.07, 6.45) is 2.70. The van der Waals surface area contributed by atoms with Gasteiger partial charge in [0.05, 0.1) is 6.20 Å². The molecule has 0 saturated carbocycles. The van der Waals surface area contributed by atoms with E-state index in [1.807, 2.05) is 25.1 Å². The van der Waals surface area contributed by atoms with Gasteiger partial charge in [-0.2, -0.15) is 5.10 Å². The second kappa shape index (κ2) is 7.23. The lowest BCUT2D eigenvalue weighted by Gasteiger charge is -2.24. The van der Waals surface area contributed by atoms with E-state index >= 15 is 0 Å². The van der Waals surface area contributed by atoms with Crippen LogP contribution in [0, 0.1) is 12.7 Å². The van der Waals surface area contributed by atoms with E-state index in [9.17, 15) is 19.1 Å². The van der Waals surface area contributed by atoms with Crippen molar-refractivity contribution in [2.24, 2.45) is 0 Å². The fourth-order valence-electron chi connectivity index (χ4n) is 3.24. The van der Waals surface area contributed by atoms with Crippen LogP contribution in [0.3, 0.4) is 0 Å². The molecule has 29 heavy (non-hydrogen) atoms. The molecule has 0 bridgehead atoms. The maximum atomic E-state index is 14.4. The zero-order valence-corrected chi connectivity index (χ0v) is 15.4. The first-order chi connectivity index (χ1) is 13.9. The van der Waals surface area contributed by atoms with Crippen LogP contribution in [0.5, 0.6) is 0 Å². The van der Waals surface area contributed by atoms with Gasteiger partial charge in [-0.25, -0.2) is 13.9 Å². The maximum Gasteiger partial charge on any atom is 0.352 e. The number of rotatable bonds is 4. The third-order valence-electron chi connectivity index (χ3n) is 4.61. The highest BCUT2D eigenvalue weighted by molar-refractivity contribution is 6.08. The number of aromatic nitrogens is 2. The maximum absolute atomic E-state index is 14.4. The highest BCUT2D eigenvalue weighted by Crippen LogP contribution is 2.33. The summed E-state index contributed by atoms with van der Waals surface area (Å²) in [5, 5.41) is 19.2. The van der Waals surface area contributed by atoms with Gasteiger partial charge < -0.3 is 15.7 Å². The van der Waals surface area contributed by atoms with Gasteiger partial charge in [-0.3, -0.25) is 4.79 Å². The number of halogens is 1. The second-order valence-corrected chi connectivity index (χ2v) is 6.65. The number of allylic oxidation sites excluding steroid dienone is 1. The van der Waals surface area contributed by atoms with Gasteiger partial charge in [0.2, 0.25) is 0 Å². The number of carbonyl (C=O) groups is 2. The lowest BCUT2D eigenvalue weighted by molar-refractivity contribution is -0.132. The first kappa shape index (κ1) is 18.4. The fourth-order valence-corrected chi connectivity index (χ4v) is 3.24. The van der Waals surface area contributed by atoms with Crippen molar-refractivity contribution in [2.45, 2.75) is 13.0 Å². The van der Waals surface area contributed by atoms with E-state index in [1.165, 1.54) is 23.0 Å². The first-order valence-corrected chi connectivity index (χ1v) is 8.86. The van der Waals surface area contributed by atoms with Crippen molar-refractivity contribution in [3.63, 3.8) is 0 Å². The Kier molecular flexibility index (Phi) is 4.59. The van der Waals surface area contributed by atoms with Crippen LogP contribution in [0.25, 0.3) is 0 Å². The molecule has 146 valence electrons. The molecule has 3 N–H and O–H groups in total. The molecule has 0 unspecified atom stereocenters. The standard InChI is InChI=1S/C21H17FN4O3/c1-12-5-4-6-13(9-12)24-20(27)15-11-23-26-18(14-7-2-3-8-16(14)22)10-17(21(28)29)25-19(15)26/h2-11,18,25H,1H3,(H,24,27)(H,28,29)/t18-/m0/s1. The molecule has 1 aromatic heterocycles. The van der Waals surface area contributed by atoms with Gasteiger partial charge in [0.15, 0.2) is 0 Å². The molecular formula is C21H17FN4O3. The zero-order valence-electron chi connectivity index (χ0n) is 15.4. The van der Waals surface area contributed by atoms with Gasteiger partial charge in [-0.05, 0) is 36.8 Å². The smallest absolute Gasteiger partial charge is 0.352 e. The molecular weight excluding hydrogens is 375 g/mol. The normalized spacial score (nSPS) is 15.1. The lowest BCUT2D eigenvalue weighted by Crippen LogP contribution is -2.26. The molecule has 0 saturated heterocycles. The number of fused-ring (bicyclic) bond motifs is 1. The van der Waals surface area contributed by atoms with Crippen molar-refractivity contribution in [2.75, 3.05) is 10.6 Å². The van der Waals surface area contributed by atoms with Crippen LogP contribution >= 0.6 is 0 Å². The van der Waals surface area contributed by atoms with Crippen LogP contribution in [0.2, 0.25) is 0 Å². The molecule has 0 spiro atoms. The number of nitrogens with zero attached hydrogens (tertiary/aromatic N) is 2. The molecule has 0 aliphatic carbocycles. The number of hydrogen-bond donors (Lipinski definition) is 3. The monoisotopic (exact) mass is 392 g/mol. The number of nitrogens with one attached hydrogen (secondary N) is 2. The van der Waals surface area contributed by atoms with Gasteiger partial charge in [-0.15, -0.1) is 0 Å². The van der Waals surface area contributed by atoms with Gasteiger partial charge in [0, 0.05) is 11.3 Å². The summed E-state index contributed by atoms with van der Waals surface area (Å²) in [5.74, 6) is -1.98. The van der Waals surface area contributed by atoms with E-state index in [4.69, 9.17) is 0 Å². The van der Waals surface area contributed by atoms with Crippen LogP contribution in [0.1, 0.15) is 27.5 Å². The first-order valence-electron chi connectivity index (χ1n) is 8.86. The van der Waals surface area contributed by atoms with Crippen LogP contribution in [0.15, 0.2) is 66.5 Å². The molecule has 1 amide bonds. The van der Waals surface area contributed by atoms with E-state index in [1.54, 1.807) is 24.3 Å². The number of benzene rings is 2. The Bertz CT molecular complexity index is 1150. The van der Waals surface area contributed by atoms with Crippen LogP contribution < -0.4 is 10.6 Å². The zero-order chi connectivity index (χ0) is 20.5. The Morgan fingerprint density at radius 3 is 2.72 bits per heavy atom. The predicted octanol–water partition coefficient (Wildman–Crippen LogP) is 3.57. The molecule has 1 aliphatic heterocycles. The molecule has 3 aromatic rings. The van der Waals surface area contributed by atoms with E-state index in [0.717, 1.165) is 5.56 Å². The molecule has 0 fully saturated rings. The Labute approximate surface area is 165 Å². The SMILES string of the molecule is Cc1cccc(NC(=O)c2cnn3c2NC(C(=O)O)=C[C@H]3c2ccccc2F)c1. The van der Waals surface area contributed by atoms with Crippen molar-refractivity contribution in [3.8, 4) is 0 Å². The number of aryl methyl sites for hydroxylation is 1. The molecule has 1 atom stereocenters. The number of aliphatic carboxylic acids is 1. The minimum atomic E-state index is -1.22.